The Morgan fingerprint density at radius 3 is 1.20 bits per heavy atom. The van der Waals surface area contributed by atoms with Gasteiger partial charge in [-0.3, -0.25) is 4.55 Å². The maximum Gasteiger partial charge on any atom is 0.261 e. The zero-order valence-corrected chi connectivity index (χ0v) is 8.44. The molecule has 0 aliphatic rings. The summed E-state index contributed by atoms with van der Waals surface area (Å²) in [7, 11) is -5.28. The Balaban J connectivity index is 0. The molecule has 0 aromatic carbocycles. The van der Waals surface area contributed by atoms with Crippen molar-refractivity contribution in [3.63, 3.8) is 0 Å². The molecular weight excluding hydrogens is 172 g/mol. The largest absolute Gasteiger partial charge is 0.433 e. The molecule has 0 aromatic heterocycles. The molecule has 0 aliphatic carbocycles. The van der Waals surface area contributed by atoms with E-state index in [0.717, 1.165) is 0 Å². The normalized spacial score (nSPS) is 11.8. The molecule has 0 saturated heterocycles. The quantitative estimate of drug-likeness (QED) is 0.422. The Hall–Kier alpha value is 0.0869. The maximum atomic E-state index is 9.19. The van der Waals surface area contributed by atoms with Crippen LogP contribution in [-0.2, 0) is 10.1 Å². The van der Waals surface area contributed by atoms with Crippen LogP contribution in [0.2, 0.25) is 19.6 Å². The molecule has 0 spiro atoms. The van der Waals surface area contributed by atoms with Crippen LogP contribution in [0.25, 0.3) is 0 Å². The number of hydrogen-bond donors (Lipinski definition) is 2. The Morgan fingerprint density at radius 2 is 1.20 bits per heavy atom. The second-order valence-corrected chi connectivity index (χ2v) is 8.71. The molecule has 0 atom stereocenters. The molecule has 0 fully saturated rings. The van der Waals surface area contributed by atoms with Gasteiger partial charge in [-0.2, -0.15) is 8.42 Å². The molecule has 0 rings (SSSR count). The Labute approximate surface area is 62.8 Å². The third kappa shape index (κ3) is 53800. The van der Waals surface area contributed by atoms with Gasteiger partial charge >= 0.3 is 0 Å². The molecule has 0 amide bonds. The third-order valence-corrected chi connectivity index (χ3v) is 0. The lowest BCUT2D eigenvalue weighted by molar-refractivity contribution is 0.490. The van der Waals surface area contributed by atoms with Gasteiger partial charge < -0.3 is 4.80 Å². The molecule has 6 heteroatoms. The molecule has 10 heavy (non-hydrogen) atoms. The first-order valence-electron chi connectivity index (χ1n) is 2.65. The first-order valence-corrected chi connectivity index (χ1v) is 7.94. The molecule has 4 nitrogen and oxygen atoms in total. The minimum absolute atomic E-state index is 0.715. The van der Waals surface area contributed by atoms with E-state index < -0.39 is 18.4 Å². The highest BCUT2D eigenvalue weighted by Gasteiger charge is 2.03. The minimum atomic E-state index is -3.67. The summed E-state index contributed by atoms with van der Waals surface area (Å²) in [6, 6.07) is 0. The van der Waals surface area contributed by atoms with Crippen molar-refractivity contribution < 1.29 is 17.8 Å². The van der Waals surface area contributed by atoms with E-state index in [4.69, 9.17) is 9.35 Å². The molecule has 0 aromatic rings. The van der Waals surface area contributed by atoms with E-state index >= 15 is 0 Å². The average molecular weight is 186 g/mol. The average Bonchev–Trinajstić information content (AvgIpc) is 1.12. The summed E-state index contributed by atoms with van der Waals surface area (Å²) in [5.74, 6) is 0. The molecule has 0 radical (unpaired) electrons. The van der Waals surface area contributed by atoms with Gasteiger partial charge in [0.1, 0.15) is 0 Å². The summed E-state index contributed by atoms with van der Waals surface area (Å²) in [5, 5.41) is 0. The first kappa shape index (κ1) is 12.7. The highest BCUT2D eigenvalue weighted by molar-refractivity contribution is 7.85. The molecule has 0 heterocycles. The van der Waals surface area contributed by atoms with Crippen LogP contribution in [0.15, 0.2) is 0 Å². The summed E-state index contributed by atoms with van der Waals surface area (Å²) in [5.41, 5.74) is 0. The number of hydrogen-bond acceptors (Lipinski definition) is 3. The second-order valence-electron chi connectivity index (χ2n) is 2.90. The Bertz CT molecular complexity index is 152. The molecule has 0 aliphatic heterocycles. The lowest BCUT2D eigenvalue weighted by Crippen LogP contribution is -2.17. The summed E-state index contributed by atoms with van der Waals surface area (Å²) < 4.78 is 25.9. The standard InChI is InChI=1S/C3H10OSi.CH4O3S/c2*1-5(2,3)4/h4H,1-3H3;1H3,(H,2,3,4). The molecule has 64 valence electrons. The lowest BCUT2D eigenvalue weighted by atomic mass is 11.8. The highest BCUT2D eigenvalue weighted by atomic mass is 32.2. The van der Waals surface area contributed by atoms with Crippen molar-refractivity contribution in [1.29, 1.82) is 0 Å². The molecule has 2 N–H and O–H groups in total. The Morgan fingerprint density at radius 1 is 1.20 bits per heavy atom. The van der Waals surface area contributed by atoms with E-state index in [2.05, 4.69) is 0 Å². The van der Waals surface area contributed by atoms with Gasteiger partial charge in [0.05, 0.1) is 6.26 Å². The van der Waals surface area contributed by atoms with Crippen molar-refractivity contribution in [2.45, 2.75) is 19.6 Å². The van der Waals surface area contributed by atoms with Crippen LogP contribution in [0.4, 0.5) is 0 Å². The van der Waals surface area contributed by atoms with Crippen molar-refractivity contribution in [3.05, 3.63) is 0 Å². The van der Waals surface area contributed by atoms with Crippen LogP contribution in [-0.4, -0.2) is 32.3 Å². The van der Waals surface area contributed by atoms with Crippen molar-refractivity contribution in [1.82, 2.24) is 0 Å². The van der Waals surface area contributed by atoms with Crippen LogP contribution in [0.1, 0.15) is 0 Å². The second kappa shape index (κ2) is 4.07. The van der Waals surface area contributed by atoms with Gasteiger partial charge in [0.2, 0.25) is 0 Å². The fourth-order valence-electron chi connectivity index (χ4n) is 0. The maximum absolute atomic E-state index is 9.19. The molecular formula is C4H14O4SSi. The van der Waals surface area contributed by atoms with Gasteiger partial charge in [0.15, 0.2) is 8.32 Å². The SMILES string of the molecule is CS(=O)(=O)O.C[Si](C)(C)O. The van der Waals surface area contributed by atoms with Crippen LogP contribution in [0.5, 0.6) is 0 Å². The van der Waals surface area contributed by atoms with Crippen molar-refractivity contribution in [3.8, 4) is 0 Å². The van der Waals surface area contributed by atoms with Crippen LogP contribution >= 0.6 is 0 Å². The minimum Gasteiger partial charge on any atom is -0.433 e. The zero-order chi connectivity index (χ0) is 9.00. The monoisotopic (exact) mass is 186 g/mol. The van der Waals surface area contributed by atoms with Crippen LogP contribution in [0.3, 0.4) is 0 Å². The molecule has 0 unspecified atom stereocenters. The summed E-state index contributed by atoms with van der Waals surface area (Å²) in [6.45, 7) is 5.65. The van der Waals surface area contributed by atoms with Crippen LogP contribution < -0.4 is 0 Å². The number of rotatable bonds is 0. The lowest BCUT2D eigenvalue weighted by Gasteiger charge is -2.00. The molecule has 0 saturated carbocycles. The van der Waals surface area contributed by atoms with Crippen molar-refractivity contribution >= 4 is 18.4 Å². The van der Waals surface area contributed by atoms with Crippen molar-refractivity contribution in [2.24, 2.45) is 0 Å². The van der Waals surface area contributed by atoms with Crippen LogP contribution in [0, 0.1) is 0 Å². The fourth-order valence-corrected chi connectivity index (χ4v) is 0. The summed E-state index contributed by atoms with van der Waals surface area (Å²) in [4.78, 5) is 8.66. The van der Waals surface area contributed by atoms with Gasteiger partial charge in [-0.25, -0.2) is 0 Å². The van der Waals surface area contributed by atoms with E-state index in [-0.39, 0.29) is 0 Å². The highest BCUT2D eigenvalue weighted by Crippen LogP contribution is 1.88. The summed E-state index contributed by atoms with van der Waals surface area (Å²) in [6.07, 6.45) is 0.715. The van der Waals surface area contributed by atoms with E-state index in [1.54, 1.807) is 0 Å². The van der Waals surface area contributed by atoms with Gasteiger partial charge in [0, 0.05) is 0 Å². The van der Waals surface area contributed by atoms with E-state index in [0.29, 0.717) is 6.26 Å². The molecule has 0 bridgehead atoms. The third-order valence-electron chi connectivity index (χ3n) is 0. The van der Waals surface area contributed by atoms with Gasteiger partial charge in [-0.05, 0) is 19.6 Å². The zero-order valence-electron chi connectivity index (χ0n) is 6.62. The van der Waals surface area contributed by atoms with E-state index in [9.17, 15) is 8.42 Å². The van der Waals surface area contributed by atoms with Gasteiger partial charge in [-0.15, -0.1) is 0 Å². The van der Waals surface area contributed by atoms with E-state index in [1.165, 1.54) is 0 Å². The predicted molar refractivity (Wildman–Crippen MR) is 43.0 cm³/mol. The predicted octanol–water partition coefficient (Wildman–Crippen LogP) is 0.318. The topological polar surface area (TPSA) is 74.6 Å². The fraction of sp³-hybridized carbons (Fsp3) is 1.00. The van der Waals surface area contributed by atoms with Gasteiger partial charge in [0.25, 0.3) is 10.1 Å². The smallest absolute Gasteiger partial charge is 0.261 e. The first-order chi connectivity index (χ1) is 4.00. The van der Waals surface area contributed by atoms with E-state index in [1.807, 2.05) is 19.6 Å². The summed E-state index contributed by atoms with van der Waals surface area (Å²) >= 11 is 0. The Kier molecular flexibility index (Phi) is 5.18. The van der Waals surface area contributed by atoms with Gasteiger partial charge in [-0.1, -0.05) is 0 Å². The van der Waals surface area contributed by atoms with Crippen molar-refractivity contribution in [2.75, 3.05) is 6.26 Å².